The average molecular weight is 298 g/mol. The van der Waals surface area contributed by atoms with Gasteiger partial charge in [-0.25, -0.2) is 4.98 Å². The van der Waals surface area contributed by atoms with Gasteiger partial charge in [0.1, 0.15) is 10.7 Å². The van der Waals surface area contributed by atoms with Gasteiger partial charge >= 0.3 is 0 Å². The SMILES string of the molecule is CCNc1nc(N)c(C(=O)N(C)CC2CCCOC2)s1. The predicted octanol–water partition coefficient (Wildman–Crippen LogP) is 1.66. The first kappa shape index (κ1) is 15.1. The van der Waals surface area contributed by atoms with Gasteiger partial charge in [0.05, 0.1) is 6.61 Å². The van der Waals surface area contributed by atoms with Crippen molar-refractivity contribution in [2.45, 2.75) is 19.8 Å². The minimum Gasteiger partial charge on any atom is -0.382 e. The molecule has 1 aromatic rings. The van der Waals surface area contributed by atoms with Crippen molar-refractivity contribution in [1.82, 2.24) is 9.88 Å². The second-order valence-corrected chi connectivity index (χ2v) is 6.03. The lowest BCUT2D eigenvalue weighted by Gasteiger charge is -2.26. The number of anilines is 2. The van der Waals surface area contributed by atoms with Crippen molar-refractivity contribution < 1.29 is 9.53 Å². The molecule has 1 atom stereocenters. The van der Waals surface area contributed by atoms with Gasteiger partial charge in [0, 0.05) is 26.7 Å². The lowest BCUT2D eigenvalue weighted by atomic mass is 10.0. The van der Waals surface area contributed by atoms with Crippen LogP contribution in [0.3, 0.4) is 0 Å². The number of ether oxygens (including phenoxy) is 1. The van der Waals surface area contributed by atoms with E-state index in [1.807, 2.05) is 14.0 Å². The van der Waals surface area contributed by atoms with E-state index < -0.39 is 0 Å². The van der Waals surface area contributed by atoms with E-state index in [1.165, 1.54) is 11.3 Å². The quantitative estimate of drug-likeness (QED) is 0.864. The van der Waals surface area contributed by atoms with Crippen molar-refractivity contribution in [3.05, 3.63) is 4.88 Å². The number of hydrogen-bond donors (Lipinski definition) is 2. The number of rotatable bonds is 5. The lowest BCUT2D eigenvalue weighted by Crippen LogP contribution is -2.35. The van der Waals surface area contributed by atoms with E-state index in [-0.39, 0.29) is 5.91 Å². The van der Waals surface area contributed by atoms with Crippen LogP contribution in [0.25, 0.3) is 0 Å². The van der Waals surface area contributed by atoms with Gasteiger partial charge in [0.25, 0.3) is 5.91 Å². The molecule has 0 aromatic carbocycles. The number of amides is 1. The Morgan fingerprint density at radius 3 is 3.10 bits per heavy atom. The number of hydrogen-bond acceptors (Lipinski definition) is 6. The molecule has 0 bridgehead atoms. The lowest BCUT2D eigenvalue weighted by molar-refractivity contribution is 0.0390. The van der Waals surface area contributed by atoms with Gasteiger partial charge in [-0.05, 0) is 25.7 Å². The summed E-state index contributed by atoms with van der Waals surface area (Å²) in [5, 5.41) is 3.78. The van der Waals surface area contributed by atoms with Gasteiger partial charge in [-0.3, -0.25) is 4.79 Å². The highest BCUT2D eigenvalue weighted by Gasteiger charge is 2.23. The first-order valence-electron chi connectivity index (χ1n) is 6.95. The van der Waals surface area contributed by atoms with Crippen LogP contribution in [-0.4, -0.2) is 49.1 Å². The van der Waals surface area contributed by atoms with Crippen molar-refractivity contribution in [3.8, 4) is 0 Å². The molecule has 1 aliphatic rings. The minimum atomic E-state index is -0.0604. The number of nitrogens with two attached hydrogens (primary N) is 1. The van der Waals surface area contributed by atoms with E-state index in [4.69, 9.17) is 10.5 Å². The smallest absolute Gasteiger partial charge is 0.267 e. The fourth-order valence-electron chi connectivity index (χ4n) is 2.31. The van der Waals surface area contributed by atoms with Crippen LogP contribution in [0.4, 0.5) is 10.9 Å². The molecule has 2 rings (SSSR count). The highest BCUT2D eigenvalue weighted by molar-refractivity contribution is 7.18. The third-order valence-corrected chi connectivity index (χ3v) is 4.33. The van der Waals surface area contributed by atoms with E-state index in [9.17, 15) is 4.79 Å². The monoisotopic (exact) mass is 298 g/mol. The fourth-order valence-corrected chi connectivity index (χ4v) is 3.25. The predicted molar refractivity (Wildman–Crippen MR) is 81.2 cm³/mol. The molecule has 112 valence electrons. The molecule has 0 radical (unpaired) electrons. The van der Waals surface area contributed by atoms with Crippen LogP contribution < -0.4 is 11.1 Å². The van der Waals surface area contributed by atoms with Crippen molar-refractivity contribution in [3.63, 3.8) is 0 Å². The molecule has 2 heterocycles. The number of nitrogens with zero attached hydrogens (tertiary/aromatic N) is 2. The second kappa shape index (κ2) is 6.90. The number of nitrogens with one attached hydrogen (secondary N) is 1. The molecule has 6 nitrogen and oxygen atoms in total. The number of carbonyl (C=O) groups excluding carboxylic acids is 1. The summed E-state index contributed by atoms with van der Waals surface area (Å²) in [5.41, 5.74) is 5.83. The number of carbonyl (C=O) groups is 1. The molecule has 0 saturated carbocycles. The molecule has 0 aliphatic carbocycles. The molecule has 1 saturated heterocycles. The van der Waals surface area contributed by atoms with Crippen molar-refractivity contribution in [2.24, 2.45) is 5.92 Å². The molecular weight excluding hydrogens is 276 g/mol. The van der Waals surface area contributed by atoms with Gasteiger partial charge in [0.15, 0.2) is 5.13 Å². The van der Waals surface area contributed by atoms with Crippen LogP contribution in [0.15, 0.2) is 0 Å². The van der Waals surface area contributed by atoms with Crippen LogP contribution in [0.1, 0.15) is 29.4 Å². The third-order valence-electron chi connectivity index (χ3n) is 3.31. The highest BCUT2D eigenvalue weighted by atomic mass is 32.1. The Labute approximate surface area is 123 Å². The zero-order valence-corrected chi connectivity index (χ0v) is 12.8. The summed E-state index contributed by atoms with van der Waals surface area (Å²) < 4.78 is 5.45. The molecule has 0 spiro atoms. The maximum atomic E-state index is 12.4. The highest BCUT2D eigenvalue weighted by Crippen LogP contribution is 2.26. The molecule has 1 unspecified atom stereocenters. The maximum Gasteiger partial charge on any atom is 0.267 e. The van der Waals surface area contributed by atoms with E-state index >= 15 is 0 Å². The first-order valence-corrected chi connectivity index (χ1v) is 7.76. The van der Waals surface area contributed by atoms with Gasteiger partial charge in [-0.2, -0.15) is 0 Å². The van der Waals surface area contributed by atoms with Crippen molar-refractivity contribution in [1.29, 1.82) is 0 Å². The van der Waals surface area contributed by atoms with Crippen LogP contribution in [0, 0.1) is 5.92 Å². The van der Waals surface area contributed by atoms with Gasteiger partial charge in [-0.1, -0.05) is 11.3 Å². The molecule has 1 aliphatic heterocycles. The fraction of sp³-hybridized carbons (Fsp3) is 0.692. The molecule has 1 fully saturated rings. The van der Waals surface area contributed by atoms with E-state index in [0.29, 0.717) is 28.3 Å². The van der Waals surface area contributed by atoms with E-state index in [2.05, 4.69) is 10.3 Å². The Morgan fingerprint density at radius 2 is 2.45 bits per heavy atom. The Morgan fingerprint density at radius 1 is 1.65 bits per heavy atom. The summed E-state index contributed by atoms with van der Waals surface area (Å²) in [6, 6.07) is 0. The van der Waals surface area contributed by atoms with Gasteiger partial charge < -0.3 is 20.7 Å². The summed E-state index contributed by atoms with van der Waals surface area (Å²) >= 11 is 1.31. The first-order chi connectivity index (χ1) is 9.61. The summed E-state index contributed by atoms with van der Waals surface area (Å²) in [6.07, 6.45) is 2.18. The zero-order chi connectivity index (χ0) is 14.5. The van der Waals surface area contributed by atoms with Gasteiger partial charge in [0.2, 0.25) is 0 Å². The summed E-state index contributed by atoms with van der Waals surface area (Å²) in [4.78, 5) is 18.8. The topological polar surface area (TPSA) is 80.5 Å². The Balaban J connectivity index is 1.98. The molecular formula is C13H22N4O2S. The van der Waals surface area contributed by atoms with E-state index in [1.54, 1.807) is 4.90 Å². The standard InChI is InChI=1S/C13H22N4O2S/c1-3-15-13-16-11(14)10(20-13)12(18)17(2)7-9-5-4-6-19-8-9/h9H,3-8,14H2,1-2H3,(H,15,16). The summed E-state index contributed by atoms with van der Waals surface area (Å²) in [7, 11) is 1.81. The number of nitrogen functional groups attached to an aromatic ring is 1. The summed E-state index contributed by atoms with van der Waals surface area (Å²) in [5.74, 6) is 0.664. The van der Waals surface area contributed by atoms with Gasteiger partial charge in [-0.15, -0.1) is 0 Å². The van der Waals surface area contributed by atoms with Crippen molar-refractivity contribution >= 4 is 28.2 Å². The zero-order valence-electron chi connectivity index (χ0n) is 12.0. The number of thiazole rings is 1. The third kappa shape index (κ3) is 3.61. The maximum absolute atomic E-state index is 12.4. The molecule has 1 aromatic heterocycles. The van der Waals surface area contributed by atoms with Crippen LogP contribution in [-0.2, 0) is 4.74 Å². The largest absolute Gasteiger partial charge is 0.382 e. The van der Waals surface area contributed by atoms with E-state index in [0.717, 1.165) is 32.6 Å². The van der Waals surface area contributed by atoms with Crippen LogP contribution in [0.5, 0.6) is 0 Å². The molecule has 7 heteroatoms. The van der Waals surface area contributed by atoms with Crippen LogP contribution >= 0.6 is 11.3 Å². The second-order valence-electron chi connectivity index (χ2n) is 5.03. The number of aromatic nitrogens is 1. The molecule has 20 heavy (non-hydrogen) atoms. The average Bonchev–Trinajstić information content (AvgIpc) is 2.80. The van der Waals surface area contributed by atoms with Crippen LogP contribution in [0.2, 0.25) is 0 Å². The molecule has 3 N–H and O–H groups in total. The Kier molecular flexibility index (Phi) is 5.19. The van der Waals surface area contributed by atoms with Crippen molar-refractivity contribution in [2.75, 3.05) is 44.4 Å². The Bertz CT molecular complexity index is 457. The normalized spacial score (nSPS) is 18.8. The minimum absolute atomic E-state index is 0.0604. The Hall–Kier alpha value is -1.34. The molecule has 1 amide bonds. The summed E-state index contributed by atoms with van der Waals surface area (Å²) in [6.45, 7) is 5.01.